The zero-order chi connectivity index (χ0) is 11.3. The maximum absolute atomic E-state index is 10.3. The van der Waals surface area contributed by atoms with Crippen LogP contribution in [0.4, 0.5) is 0 Å². The monoisotopic (exact) mass is 226 g/mol. The lowest BCUT2D eigenvalue weighted by atomic mass is 10.3. The Morgan fingerprint density at radius 2 is 2.47 bits per heavy atom. The van der Waals surface area contributed by atoms with Gasteiger partial charge in [-0.3, -0.25) is 0 Å². The molecule has 0 amide bonds. The number of aliphatic carboxylic acids is 1. The third-order valence-corrected chi connectivity index (χ3v) is 2.57. The highest BCUT2D eigenvalue weighted by Gasteiger charge is 1.98. The van der Waals surface area contributed by atoms with E-state index in [0.29, 0.717) is 13.1 Å². The molecule has 0 radical (unpaired) electrons. The maximum Gasteiger partial charge on any atom is 0.328 e. The predicted molar refractivity (Wildman–Crippen MR) is 60.0 cm³/mol. The van der Waals surface area contributed by atoms with Gasteiger partial charge in [0.2, 0.25) is 0 Å². The number of carboxylic acid groups (broad SMARTS) is 1. The van der Waals surface area contributed by atoms with Crippen LogP contribution in [0.15, 0.2) is 17.0 Å². The molecule has 4 nitrogen and oxygen atoms in total. The van der Waals surface area contributed by atoms with Crippen molar-refractivity contribution in [3.05, 3.63) is 27.7 Å². The Labute approximate surface area is 92.7 Å². The normalized spacial score (nSPS) is 11.7. The highest BCUT2D eigenvalue weighted by Crippen LogP contribution is 2.07. The van der Waals surface area contributed by atoms with Crippen LogP contribution in [0.1, 0.15) is 17.6 Å². The van der Waals surface area contributed by atoms with Gasteiger partial charge in [0.1, 0.15) is 0 Å². The summed E-state index contributed by atoms with van der Waals surface area (Å²) in [5.41, 5.74) is 1.80. The van der Waals surface area contributed by atoms with Gasteiger partial charge in [0.25, 0.3) is 0 Å². The van der Waals surface area contributed by atoms with Crippen molar-refractivity contribution < 1.29 is 9.90 Å². The summed E-state index contributed by atoms with van der Waals surface area (Å²) in [5.74, 6) is -0.904. The van der Waals surface area contributed by atoms with E-state index < -0.39 is 5.97 Å². The first-order valence-electron chi connectivity index (χ1n) is 4.60. The van der Waals surface area contributed by atoms with Gasteiger partial charge < -0.3 is 10.4 Å². The fraction of sp³-hybridized carbons (Fsp3) is 0.400. The van der Waals surface area contributed by atoms with Crippen LogP contribution in [0.2, 0.25) is 0 Å². The smallest absolute Gasteiger partial charge is 0.328 e. The molecule has 0 aliphatic rings. The van der Waals surface area contributed by atoms with Gasteiger partial charge in [-0.1, -0.05) is 5.57 Å². The molecule has 0 unspecified atom stereocenters. The van der Waals surface area contributed by atoms with Crippen LogP contribution in [0.3, 0.4) is 0 Å². The minimum Gasteiger partial charge on any atom is -0.478 e. The van der Waals surface area contributed by atoms with E-state index in [1.165, 1.54) is 6.08 Å². The molecule has 82 valence electrons. The molecule has 1 aromatic rings. The Balaban J connectivity index is 2.30. The molecule has 0 aliphatic carbocycles. The Bertz CT molecular complexity index is 371. The van der Waals surface area contributed by atoms with Crippen molar-refractivity contribution in [2.45, 2.75) is 20.4 Å². The number of nitrogens with one attached hydrogen (secondary N) is 1. The van der Waals surface area contributed by atoms with E-state index in [1.807, 2.05) is 12.3 Å². The molecule has 0 saturated heterocycles. The molecule has 0 fully saturated rings. The lowest BCUT2D eigenvalue weighted by Gasteiger charge is -2.01. The Hall–Kier alpha value is -1.20. The summed E-state index contributed by atoms with van der Waals surface area (Å²) in [6, 6.07) is 0. The van der Waals surface area contributed by atoms with Crippen molar-refractivity contribution >= 4 is 17.3 Å². The van der Waals surface area contributed by atoms with Crippen LogP contribution in [0, 0.1) is 6.92 Å². The van der Waals surface area contributed by atoms with Gasteiger partial charge in [-0.2, -0.15) is 0 Å². The molecule has 1 heterocycles. The van der Waals surface area contributed by atoms with Gasteiger partial charge in [0.05, 0.1) is 10.7 Å². The number of carbonyl (C=O) groups is 1. The number of rotatable bonds is 5. The van der Waals surface area contributed by atoms with Crippen molar-refractivity contribution in [3.63, 3.8) is 0 Å². The van der Waals surface area contributed by atoms with Crippen molar-refractivity contribution in [3.8, 4) is 0 Å². The maximum atomic E-state index is 10.3. The van der Waals surface area contributed by atoms with Gasteiger partial charge in [-0.25, -0.2) is 9.78 Å². The van der Waals surface area contributed by atoms with E-state index in [-0.39, 0.29) is 0 Å². The number of aryl methyl sites for hydroxylation is 1. The summed E-state index contributed by atoms with van der Waals surface area (Å²) < 4.78 is 0. The van der Waals surface area contributed by atoms with Gasteiger partial charge >= 0.3 is 5.97 Å². The highest BCUT2D eigenvalue weighted by atomic mass is 32.1. The Morgan fingerprint density at radius 3 is 3.00 bits per heavy atom. The van der Waals surface area contributed by atoms with Crippen LogP contribution in [-0.4, -0.2) is 22.6 Å². The first kappa shape index (κ1) is 11.9. The second kappa shape index (κ2) is 5.63. The fourth-order valence-electron chi connectivity index (χ4n) is 1.14. The van der Waals surface area contributed by atoms with E-state index in [9.17, 15) is 4.79 Å². The third-order valence-electron chi connectivity index (χ3n) is 1.75. The molecule has 5 heteroatoms. The molecular weight excluding hydrogens is 212 g/mol. The molecule has 1 rings (SSSR count). The number of hydrogen-bond acceptors (Lipinski definition) is 4. The molecule has 0 saturated carbocycles. The topological polar surface area (TPSA) is 62.2 Å². The van der Waals surface area contributed by atoms with Crippen LogP contribution in [-0.2, 0) is 11.3 Å². The number of thiazole rings is 1. The lowest BCUT2D eigenvalue weighted by molar-refractivity contribution is -0.131. The zero-order valence-corrected chi connectivity index (χ0v) is 9.60. The minimum atomic E-state index is -0.904. The largest absolute Gasteiger partial charge is 0.478 e. The average molecular weight is 226 g/mol. The minimum absolute atomic E-state index is 0.572. The second-order valence-electron chi connectivity index (χ2n) is 3.29. The van der Waals surface area contributed by atoms with Gasteiger partial charge in [-0.05, 0) is 13.8 Å². The van der Waals surface area contributed by atoms with Crippen molar-refractivity contribution in [1.82, 2.24) is 10.3 Å². The second-order valence-corrected chi connectivity index (χ2v) is 4.35. The molecule has 0 atom stereocenters. The molecule has 1 aromatic heterocycles. The van der Waals surface area contributed by atoms with Crippen LogP contribution >= 0.6 is 11.3 Å². The summed E-state index contributed by atoms with van der Waals surface area (Å²) in [4.78, 5) is 14.6. The molecule has 0 bridgehead atoms. The fourth-order valence-corrected chi connectivity index (χ4v) is 1.75. The highest BCUT2D eigenvalue weighted by molar-refractivity contribution is 7.09. The van der Waals surface area contributed by atoms with E-state index in [2.05, 4.69) is 10.3 Å². The number of nitrogens with zero attached hydrogens (tertiary/aromatic N) is 1. The van der Waals surface area contributed by atoms with Crippen LogP contribution < -0.4 is 5.32 Å². The predicted octanol–water partition coefficient (Wildman–Crippen LogP) is 1.57. The summed E-state index contributed by atoms with van der Waals surface area (Å²) in [6.07, 6.45) is 1.21. The van der Waals surface area contributed by atoms with E-state index in [4.69, 9.17) is 5.11 Å². The summed E-state index contributed by atoms with van der Waals surface area (Å²) in [7, 11) is 0. The van der Waals surface area contributed by atoms with E-state index >= 15 is 0 Å². The Morgan fingerprint density at radius 1 is 1.73 bits per heavy atom. The van der Waals surface area contributed by atoms with Crippen molar-refractivity contribution in [2.75, 3.05) is 6.54 Å². The first-order valence-corrected chi connectivity index (χ1v) is 5.47. The van der Waals surface area contributed by atoms with E-state index in [1.54, 1.807) is 18.3 Å². The van der Waals surface area contributed by atoms with Crippen molar-refractivity contribution in [1.29, 1.82) is 0 Å². The molecule has 0 aliphatic heterocycles. The standard InChI is InChI=1S/C10H14N2O2S/c1-7(3-10(13)14)4-11-5-9-6-15-8(2)12-9/h3,6,11H,4-5H2,1-2H3,(H,13,14). The summed E-state index contributed by atoms with van der Waals surface area (Å²) >= 11 is 1.61. The molecule has 2 N–H and O–H groups in total. The zero-order valence-electron chi connectivity index (χ0n) is 8.78. The average Bonchev–Trinajstić information content (AvgIpc) is 2.50. The molecule has 0 aromatic carbocycles. The first-order chi connectivity index (χ1) is 7.08. The Kier molecular flexibility index (Phi) is 4.45. The summed E-state index contributed by atoms with van der Waals surface area (Å²) in [6.45, 7) is 5.00. The number of carboxylic acids is 1. The van der Waals surface area contributed by atoms with Gasteiger partial charge in [0, 0.05) is 24.5 Å². The van der Waals surface area contributed by atoms with Gasteiger partial charge in [0.15, 0.2) is 0 Å². The third kappa shape index (κ3) is 4.71. The number of hydrogen-bond donors (Lipinski definition) is 2. The van der Waals surface area contributed by atoms with Gasteiger partial charge in [-0.15, -0.1) is 11.3 Å². The molecular formula is C10H14N2O2S. The number of aromatic nitrogens is 1. The quantitative estimate of drug-likeness (QED) is 0.748. The lowest BCUT2D eigenvalue weighted by Crippen LogP contribution is -2.16. The molecule has 15 heavy (non-hydrogen) atoms. The van der Waals surface area contributed by atoms with E-state index in [0.717, 1.165) is 16.3 Å². The summed E-state index contributed by atoms with van der Waals surface area (Å²) in [5, 5.41) is 14.7. The SMILES string of the molecule is CC(=CC(=O)O)CNCc1csc(C)n1. The molecule has 0 spiro atoms. The van der Waals surface area contributed by atoms with Crippen molar-refractivity contribution in [2.24, 2.45) is 0 Å². The van der Waals surface area contributed by atoms with Crippen LogP contribution in [0.25, 0.3) is 0 Å². The van der Waals surface area contributed by atoms with Crippen LogP contribution in [0.5, 0.6) is 0 Å².